The van der Waals surface area contributed by atoms with Crippen molar-refractivity contribution in [1.29, 1.82) is 0 Å². The van der Waals surface area contributed by atoms with E-state index in [1.54, 1.807) is 4.90 Å². The number of carbonyl (C=O) groups is 1. The van der Waals surface area contributed by atoms with E-state index < -0.39 is 17.7 Å². The first kappa shape index (κ1) is 12.8. The van der Waals surface area contributed by atoms with Gasteiger partial charge >= 0.3 is 0 Å². The minimum Gasteiger partial charge on any atom is -0.369 e. The Labute approximate surface area is 105 Å². The molecule has 1 atom stereocenters. The molecule has 1 aliphatic rings. The fraction of sp³-hybridized carbons (Fsp3) is 0.462. The first-order chi connectivity index (χ1) is 8.50. The zero-order valence-corrected chi connectivity index (χ0v) is 10.4. The Bertz CT molecular complexity index is 442. The van der Waals surface area contributed by atoms with Crippen molar-refractivity contribution < 1.29 is 13.6 Å². The van der Waals surface area contributed by atoms with Crippen molar-refractivity contribution in [2.45, 2.75) is 32.4 Å². The topological polar surface area (TPSA) is 32.3 Å². The second-order valence-electron chi connectivity index (χ2n) is 4.71. The highest BCUT2D eigenvalue weighted by Gasteiger charge is 2.33. The van der Waals surface area contributed by atoms with Crippen LogP contribution in [-0.4, -0.2) is 29.4 Å². The normalized spacial score (nSPS) is 19.7. The molecule has 1 N–H and O–H groups in total. The van der Waals surface area contributed by atoms with Crippen LogP contribution in [-0.2, 0) is 4.79 Å². The molecule has 18 heavy (non-hydrogen) atoms. The average molecular weight is 254 g/mol. The molecule has 2 rings (SSSR count). The maximum Gasteiger partial charge on any atom is 0.245 e. The summed E-state index contributed by atoms with van der Waals surface area (Å²) in [6.07, 6.45) is 0.560. The lowest BCUT2D eigenvalue weighted by Crippen LogP contribution is -2.37. The van der Waals surface area contributed by atoms with Crippen LogP contribution in [0.15, 0.2) is 18.2 Å². The molecule has 1 aliphatic heterocycles. The van der Waals surface area contributed by atoms with Gasteiger partial charge in [-0.3, -0.25) is 4.79 Å². The van der Waals surface area contributed by atoms with Gasteiger partial charge in [0.1, 0.15) is 23.4 Å². The number of likely N-dealkylation sites (tertiary alicyclic amines) is 1. The molecule has 1 aromatic carbocycles. The Morgan fingerprint density at radius 2 is 1.94 bits per heavy atom. The van der Waals surface area contributed by atoms with Gasteiger partial charge in [0.05, 0.1) is 0 Å². The van der Waals surface area contributed by atoms with E-state index in [9.17, 15) is 13.6 Å². The molecule has 1 amide bonds. The van der Waals surface area contributed by atoms with Crippen LogP contribution >= 0.6 is 0 Å². The first-order valence-corrected chi connectivity index (χ1v) is 6.01. The van der Waals surface area contributed by atoms with Gasteiger partial charge < -0.3 is 10.2 Å². The summed E-state index contributed by atoms with van der Waals surface area (Å²) in [5.74, 6) is -1.45. The lowest BCUT2D eigenvalue weighted by molar-refractivity contribution is -0.129. The molecule has 0 radical (unpaired) electrons. The van der Waals surface area contributed by atoms with Gasteiger partial charge in [0, 0.05) is 12.6 Å². The van der Waals surface area contributed by atoms with Crippen molar-refractivity contribution >= 4 is 11.6 Å². The maximum absolute atomic E-state index is 13.5. The molecule has 98 valence electrons. The van der Waals surface area contributed by atoms with Crippen molar-refractivity contribution in [3.8, 4) is 0 Å². The smallest absolute Gasteiger partial charge is 0.245 e. The largest absolute Gasteiger partial charge is 0.369 e. The molecule has 0 bridgehead atoms. The fourth-order valence-corrected chi connectivity index (χ4v) is 2.16. The molecule has 5 heteroatoms. The average Bonchev–Trinajstić information content (AvgIpc) is 2.66. The summed E-state index contributed by atoms with van der Waals surface area (Å²) >= 11 is 0. The van der Waals surface area contributed by atoms with E-state index >= 15 is 0 Å². The van der Waals surface area contributed by atoms with Crippen molar-refractivity contribution in [2.24, 2.45) is 0 Å². The molecule has 1 heterocycles. The lowest BCUT2D eigenvalue weighted by atomic mass is 10.2. The van der Waals surface area contributed by atoms with Gasteiger partial charge in [-0.15, -0.1) is 0 Å². The minimum absolute atomic E-state index is 0.104. The summed E-state index contributed by atoms with van der Waals surface area (Å²) in [5.41, 5.74) is -0.221. The summed E-state index contributed by atoms with van der Waals surface area (Å²) < 4.78 is 26.9. The molecular weight excluding hydrogens is 238 g/mol. The number of nitrogens with one attached hydrogen (secondary N) is 1. The van der Waals surface area contributed by atoms with Crippen LogP contribution in [0, 0.1) is 11.6 Å². The number of halogens is 2. The van der Waals surface area contributed by atoms with Crippen LogP contribution in [0.1, 0.15) is 20.3 Å². The van der Waals surface area contributed by atoms with Gasteiger partial charge in [0.2, 0.25) is 5.91 Å². The second-order valence-corrected chi connectivity index (χ2v) is 4.71. The SMILES string of the molecule is CC(C)N1CC[C@@H](Nc2c(F)cccc2F)C1=O. The van der Waals surface area contributed by atoms with E-state index in [1.165, 1.54) is 18.2 Å². The van der Waals surface area contributed by atoms with Crippen molar-refractivity contribution in [2.75, 3.05) is 11.9 Å². The number of rotatable bonds is 3. The molecule has 0 aromatic heterocycles. The third-order valence-corrected chi connectivity index (χ3v) is 3.14. The highest BCUT2D eigenvalue weighted by Crippen LogP contribution is 2.23. The van der Waals surface area contributed by atoms with Crippen molar-refractivity contribution in [1.82, 2.24) is 4.90 Å². The molecular formula is C13H16F2N2O. The predicted octanol–water partition coefficient (Wildman–Crippen LogP) is 2.39. The number of amides is 1. The monoisotopic (exact) mass is 254 g/mol. The lowest BCUT2D eigenvalue weighted by Gasteiger charge is -2.21. The number of nitrogens with zero attached hydrogens (tertiary/aromatic N) is 1. The quantitative estimate of drug-likeness (QED) is 0.898. The molecule has 3 nitrogen and oxygen atoms in total. The van der Waals surface area contributed by atoms with Crippen LogP contribution in [0.3, 0.4) is 0 Å². The predicted molar refractivity (Wildman–Crippen MR) is 65.2 cm³/mol. The van der Waals surface area contributed by atoms with E-state index in [0.717, 1.165) is 0 Å². The Hall–Kier alpha value is -1.65. The Balaban J connectivity index is 2.14. The fourth-order valence-electron chi connectivity index (χ4n) is 2.16. The number of carbonyl (C=O) groups excluding carboxylic acids is 1. The second kappa shape index (κ2) is 4.92. The molecule has 0 unspecified atom stereocenters. The molecule has 0 saturated carbocycles. The standard InChI is InChI=1S/C13H16F2N2O/c1-8(2)17-7-6-11(13(17)18)16-12-9(14)4-3-5-10(12)15/h3-5,8,11,16H,6-7H2,1-2H3/t11-/m1/s1. The summed E-state index contributed by atoms with van der Waals surface area (Å²) in [4.78, 5) is 13.7. The third kappa shape index (κ3) is 2.30. The summed E-state index contributed by atoms with van der Waals surface area (Å²) in [5, 5.41) is 2.67. The highest BCUT2D eigenvalue weighted by molar-refractivity contribution is 5.87. The Morgan fingerprint density at radius 1 is 1.33 bits per heavy atom. The van der Waals surface area contributed by atoms with E-state index in [4.69, 9.17) is 0 Å². The molecule has 1 aromatic rings. The van der Waals surface area contributed by atoms with Gasteiger partial charge in [0.15, 0.2) is 0 Å². The van der Waals surface area contributed by atoms with Crippen LogP contribution in [0.4, 0.5) is 14.5 Å². The van der Waals surface area contributed by atoms with Crippen LogP contribution in [0.25, 0.3) is 0 Å². The zero-order chi connectivity index (χ0) is 13.3. The maximum atomic E-state index is 13.5. The molecule has 0 spiro atoms. The first-order valence-electron chi connectivity index (χ1n) is 6.01. The zero-order valence-electron chi connectivity index (χ0n) is 10.4. The molecule has 0 aliphatic carbocycles. The van der Waals surface area contributed by atoms with Crippen molar-refractivity contribution in [3.05, 3.63) is 29.8 Å². The molecule has 1 fully saturated rings. The Morgan fingerprint density at radius 3 is 2.44 bits per heavy atom. The number of anilines is 1. The third-order valence-electron chi connectivity index (χ3n) is 3.14. The van der Waals surface area contributed by atoms with E-state index in [-0.39, 0.29) is 17.6 Å². The Kier molecular flexibility index (Phi) is 3.50. The van der Waals surface area contributed by atoms with Crippen molar-refractivity contribution in [3.63, 3.8) is 0 Å². The minimum atomic E-state index is -0.675. The van der Waals surface area contributed by atoms with Gasteiger partial charge in [0.25, 0.3) is 0 Å². The molecule has 1 saturated heterocycles. The number of benzene rings is 1. The number of hydrogen-bond donors (Lipinski definition) is 1. The number of para-hydroxylation sites is 1. The summed E-state index contributed by atoms with van der Waals surface area (Å²) in [6, 6.07) is 3.21. The van der Waals surface area contributed by atoms with E-state index in [1.807, 2.05) is 13.8 Å². The summed E-state index contributed by atoms with van der Waals surface area (Å²) in [6.45, 7) is 4.46. The van der Waals surface area contributed by atoms with Gasteiger partial charge in [-0.25, -0.2) is 8.78 Å². The van der Waals surface area contributed by atoms with E-state index in [0.29, 0.717) is 13.0 Å². The van der Waals surface area contributed by atoms with Crippen LogP contribution < -0.4 is 5.32 Å². The van der Waals surface area contributed by atoms with Gasteiger partial charge in [-0.2, -0.15) is 0 Å². The van der Waals surface area contributed by atoms with Gasteiger partial charge in [-0.1, -0.05) is 6.07 Å². The highest BCUT2D eigenvalue weighted by atomic mass is 19.1. The van der Waals surface area contributed by atoms with E-state index in [2.05, 4.69) is 5.32 Å². The van der Waals surface area contributed by atoms with Crippen LogP contribution in [0.5, 0.6) is 0 Å². The van der Waals surface area contributed by atoms with Crippen LogP contribution in [0.2, 0.25) is 0 Å². The summed E-state index contributed by atoms with van der Waals surface area (Å²) in [7, 11) is 0. The number of hydrogen-bond acceptors (Lipinski definition) is 2. The van der Waals surface area contributed by atoms with Gasteiger partial charge in [-0.05, 0) is 32.4 Å².